The molecule has 0 saturated carbocycles. The molecule has 7 heteroatoms. The smallest absolute Gasteiger partial charge is 0.407 e. The maximum absolute atomic E-state index is 12.3. The average molecular weight is 445 g/mol. The van der Waals surface area contributed by atoms with E-state index >= 15 is 0 Å². The first-order valence-electron chi connectivity index (χ1n) is 10.6. The molecule has 7 nitrogen and oxygen atoms in total. The maximum Gasteiger partial charge on any atom is 0.407 e. The third-order valence-corrected chi connectivity index (χ3v) is 5.54. The fourth-order valence-corrected chi connectivity index (χ4v) is 3.91. The number of aliphatic hydroxyl groups is 1. The number of carbonyl (C=O) groups is 3. The number of benzene rings is 3. The van der Waals surface area contributed by atoms with Crippen LogP contribution in [-0.4, -0.2) is 48.8 Å². The topological polar surface area (TPSA) is 102 Å². The highest BCUT2D eigenvalue weighted by molar-refractivity contribution is 5.98. The number of ketones is 1. The van der Waals surface area contributed by atoms with Crippen LogP contribution in [0.2, 0.25) is 0 Å². The second-order valence-corrected chi connectivity index (χ2v) is 7.60. The van der Waals surface area contributed by atoms with E-state index in [4.69, 9.17) is 9.47 Å². The van der Waals surface area contributed by atoms with Crippen molar-refractivity contribution in [2.45, 2.75) is 12.0 Å². The number of nitrogens with one attached hydrogen (secondary N) is 1. The van der Waals surface area contributed by atoms with Crippen molar-refractivity contribution in [2.24, 2.45) is 0 Å². The van der Waals surface area contributed by atoms with Gasteiger partial charge in [0.1, 0.15) is 6.61 Å². The number of alkyl carbamates (subject to hydrolysis) is 1. The summed E-state index contributed by atoms with van der Waals surface area (Å²) in [5.41, 5.74) is 4.72. The number of fused-ring (bicyclic) bond motifs is 3. The molecule has 0 bridgehead atoms. The third-order valence-electron chi connectivity index (χ3n) is 5.54. The van der Waals surface area contributed by atoms with Crippen LogP contribution in [0.15, 0.2) is 78.9 Å². The molecule has 0 aliphatic heterocycles. The van der Waals surface area contributed by atoms with Gasteiger partial charge in [-0.25, -0.2) is 9.59 Å². The molecule has 2 N–H and O–H groups in total. The lowest BCUT2D eigenvalue weighted by molar-refractivity contribution is -0.145. The molecule has 0 spiro atoms. The minimum absolute atomic E-state index is 0.0690. The molecular formula is C26H23NO6. The molecule has 3 aromatic carbocycles. The van der Waals surface area contributed by atoms with Gasteiger partial charge in [-0.2, -0.15) is 0 Å². The first kappa shape index (κ1) is 22.2. The van der Waals surface area contributed by atoms with Gasteiger partial charge in [0.05, 0.1) is 6.61 Å². The van der Waals surface area contributed by atoms with E-state index in [9.17, 15) is 19.5 Å². The largest absolute Gasteiger partial charge is 0.456 e. The van der Waals surface area contributed by atoms with Gasteiger partial charge in [-0.1, -0.05) is 78.9 Å². The summed E-state index contributed by atoms with van der Waals surface area (Å²) in [7, 11) is 0. The predicted octanol–water partition coefficient (Wildman–Crippen LogP) is 3.31. The van der Waals surface area contributed by atoms with Crippen LogP contribution < -0.4 is 5.32 Å². The van der Waals surface area contributed by atoms with E-state index in [1.54, 1.807) is 30.3 Å². The summed E-state index contributed by atoms with van der Waals surface area (Å²) in [5.74, 6) is -1.44. The Kier molecular flexibility index (Phi) is 6.80. The molecule has 1 amide bonds. The number of esters is 1. The van der Waals surface area contributed by atoms with E-state index in [2.05, 4.69) is 5.32 Å². The zero-order chi connectivity index (χ0) is 23.2. The van der Waals surface area contributed by atoms with E-state index in [0.29, 0.717) is 5.56 Å². The Balaban J connectivity index is 1.32. The molecule has 0 saturated heterocycles. The van der Waals surface area contributed by atoms with Gasteiger partial charge in [0.2, 0.25) is 0 Å². The number of carbonyl (C=O) groups excluding carboxylic acids is 3. The molecule has 1 aliphatic rings. The summed E-state index contributed by atoms with van der Waals surface area (Å²) in [6.07, 6.45) is -0.859. The molecule has 168 valence electrons. The van der Waals surface area contributed by atoms with Crippen LogP contribution >= 0.6 is 0 Å². The summed E-state index contributed by atoms with van der Waals surface area (Å²) >= 11 is 0. The number of rotatable bonds is 8. The average Bonchev–Trinajstić information content (AvgIpc) is 3.18. The number of aliphatic hydroxyl groups excluding tert-OH is 1. The first-order valence-corrected chi connectivity index (χ1v) is 10.6. The van der Waals surface area contributed by atoms with Gasteiger partial charge < -0.3 is 19.9 Å². The Labute approximate surface area is 191 Å². The minimum atomic E-state index is -1.34. The van der Waals surface area contributed by atoms with E-state index in [1.807, 2.05) is 48.5 Å². The number of amides is 1. The van der Waals surface area contributed by atoms with Crippen molar-refractivity contribution in [1.29, 1.82) is 0 Å². The van der Waals surface area contributed by atoms with Crippen molar-refractivity contribution >= 4 is 17.8 Å². The van der Waals surface area contributed by atoms with Crippen molar-refractivity contribution in [3.63, 3.8) is 0 Å². The third kappa shape index (κ3) is 4.94. The Morgan fingerprint density at radius 2 is 1.39 bits per heavy atom. The Morgan fingerprint density at radius 3 is 2.00 bits per heavy atom. The van der Waals surface area contributed by atoms with E-state index in [-0.39, 0.29) is 18.3 Å². The highest BCUT2D eigenvalue weighted by atomic mass is 16.6. The van der Waals surface area contributed by atoms with Crippen LogP contribution in [0.4, 0.5) is 4.79 Å². The minimum Gasteiger partial charge on any atom is -0.456 e. The molecule has 0 heterocycles. The normalized spacial score (nSPS) is 12.9. The quantitative estimate of drug-likeness (QED) is 0.407. The summed E-state index contributed by atoms with van der Waals surface area (Å²) in [4.78, 5) is 36.6. The van der Waals surface area contributed by atoms with Crippen LogP contribution in [0.25, 0.3) is 11.1 Å². The molecule has 4 rings (SSSR count). The maximum atomic E-state index is 12.3. The summed E-state index contributed by atoms with van der Waals surface area (Å²) in [6, 6.07) is 22.9. The van der Waals surface area contributed by atoms with Crippen LogP contribution in [0.1, 0.15) is 27.4 Å². The lowest BCUT2D eigenvalue weighted by atomic mass is 9.98. The van der Waals surface area contributed by atoms with Crippen LogP contribution in [0.5, 0.6) is 0 Å². The second-order valence-electron chi connectivity index (χ2n) is 7.60. The zero-order valence-corrected chi connectivity index (χ0v) is 17.8. The molecule has 33 heavy (non-hydrogen) atoms. The van der Waals surface area contributed by atoms with E-state index in [0.717, 1.165) is 22.3 Å². The van der Waals surface area contributed by atoms with Crippen molar-refractivity contribution < 1.29 is 29.0 Å². The highest BCUT2D eigenvalue weighted by Crippen LogP contribution is 2.44. The van der Waals surface area contributed by atoms with Crippen molar-refractivity contribution in [2.75, 3.05) is 19.8 Å². The monoisotopic (exact) mass is 445 g/mol. The number of Topliss-reactive ketones (excluding diaryl/α,β-unsaturated/α-hetero) is 1. The van der Waals surface area contributed by atoms with Crippen molar-refractivity contribution in [3.8, 4) is 11.1 Å². The molecule has 0 aromatic heterocycles. The van der Waals surface area contributed by atoms with Gasteiger partial charge >= 0.3 is 12.1 Å². The van der Waals surface area contributed by atoms with Gasteiger partial charge in [-0.05, 0) is 22.3 Å². The van der Waals surface area contributed by atoms with Gasteiger partial charge in [-0.15, -0.1) is 0 Å². The molecular weight excluding hydrogens is 422 g/mol. The predicted molar refractivity (Wildman–Crippen MR) is 121 cm³/mol. The van der Waals surface area contributed by atoms with E-state index < -0.39 is 31.3 Å². The van der Waals surface area contributed by atoms with Gasteiger partial charge in [-0.3, -0.25) is 4.79 Å². The molecule has 0 unspecified atom stereocenters. The Morgan fingerprint density at radius 1 is 0.818 bits per heavy atom. The van der Waals surface area contributed by atoms with Crippen LogP contribution in [0, 0.1) is 0 Å². The van der Waals surface area contributed by atoms with Crippen molar-refractivity contribution in [1.82, 2.24) is 5.32 Å². The van der Waals surface area contributed by atoms with Crippen molar-refractivity contribution in [3.05, 3.63) is 95.6 Å². The summed E-state index contributed by atoms with van der Waals surface area (Å²) in [6.45, 7) is -1.12. The number of hydrogen-bond donors (Lipinski definition) is 2. The van der Waals surface area contributed by atoms with Crippen LogP contribution in [0.3, 0.4) is 0 Å². The van der Waals surface area contributed by atoms with Gasteiger partial charge in [0.25, 0.3) is 0 Å². The summed E-state index contributed by atoms with van der Waals surface area (Å²) in [5, 5.41) is 11.8. The highest BCUT2D eigenvalue weighted by Gasteiger charge is 2.30. The Bertz CT molecular complexity index is 1110. The molecule has 1 atom stereocenters. The standard InChI is InChI=1S/C26H23NO6/c28-14-23(25(30)32-16-24(29)17-8-2-1-3-9-17)27-26(31)33-15-22-20-12-6-4-10-18(20)19-11-5-7-13-21(19)22/h1-13,22-23,28H,14-16H2,(H,27,31)/t23-/m1/s1. The first-order chi connectivity index (χ1) is 16.1. The lowest BCUT2D eigenvalue weighted by Crippen LogP contribution is -2.45. The van der Waals surface area contributed by atoms with Gasteiger partial charge in [0.15, 0.2) is 18.4 Å². The van der Waals surface area contributed by atoms with E-state index in [1.165, 1.54) is 0 Å². The molecule has 1 aliphatic carbocycles. The number of ether oxygens (including phenoxy) is 2. The second kappa shape index (κ2) is 10.1. The molecule has 0 radical (unpaired) electrons. The zero-order valence-electron chi connectivity index (χ0n) is 17.8. The fourth-order valence-electron chi connectivity index (χ4n) is 3.91. The Hall–Kier alpha value is -3.97. The molecule has 3 aromatic rings. The lowest BCUT2D eigenvalue weighted by Gasteiger charge is -2.17. The summed E-state index contributed by atoms with van der Waals surface area (Å²) < 4.78 is 10.3. The molecule has 0 fully saturated rings. The van der Waals surface area contributed by atoms with Crippen LogP contribution in [-0.2, 0) is 14.3 Å². The SMILES string of the molecule is O=C(N[C@H](CO)C(=O)OCC(=O)c1ccccc1)OCC1c2ccccc2-c2ccccc21. The fraction of sp³-hybridized carbons (Fsp3) is 0.192. The van der Waals surface area contributed by atoms with Gasteiger partial charge in [0, 0.05) is 11.5 Å². The number of hydrogen-bond acceptors (Lipinski definition) is 6.